The highest BCUT2D eigenvalue weighted by molar-refractivity contribution is 7.80. The molecule has 0 saturated carbocycles. The maximum Gasteiger partial charge on any atom is 0.171 e. The normalized spacial score (nSPS) is 20.7. The summed E-state index contributed by atoms with van der Waals surface area (Å²) in [7, 11) is 0. The molecule has 1 atom stereocenters. The van der Waals surface area contributed by atoms with Crippen LogP contribution in [0.15, 0.2) is 42.6 Å². The molecule has 0 fully saturated rings. The van der Waals surface area contributed by atoms with Crippen molar-refractivity contribution in [1.29, 1.82) is 0 Å². The van der Waals surface area contributed by atoms with Crippen molar-refractivity contribution in [2.24, 2.45) is 0 Å². The Morgan fingerprint density at radius 2 is 1.93 bits per heavy atom. The Bertz CT molecular complexity index is 397. The summed E-state index contributed by atoms with van der Waals surface area (Å²) in [6.45, 7) is 0. The van der Waals surface area contributed by atoms with Gasteiger partial charge in [0.1, 0.15) is 0 Å². The highest BCUT2D eigenvalue weighted by atomic mass is 32.1. The second-order valence-corrected chi connectivity index (χ2v) is 3.53. The standard InChI is InChI=1S/C11H9NOS/c13-9-6-7-12-11(14)10(9)8-4-2-1-3-5-8/h1-7,10H,(H,12,14). The van der Waals surface area contributed by atoms with E-state index < -0.39 is 0 Å². The molecule has 0 spiro atoms. The fourth-order valence-electron chi connectivity index (χ4n) is 1.48. The van der Waals surface area contributed by atoms with Crippen LogP contribution < -0.4 is 5.32 Å². The van der Waals surface area contributed by atoms with Crippen molar-refractivity contribution in [2.45, 2.75) is 5.92 Å². The van der Waals surface area contributed by atoms with E-state index in [1.54, 1.807) is 6.20 Å². The Labute approximate surface area is 87.6 Å². The molecule has 1 N–H and O–H groups in total. The zero-order valence-corrected chi connectivity index (χ0v) is 8.25. The van der Waals surface area contributed by atoms with E-state index in [0.717, 1.165) is 5.56 Å². The SMILES string of the molecule is O=C1C=CNC(=S)C1c1ccccc1. The zero-order chi connectivity index (χ0) is 9.97. The van der Waals surface area contributed by atoms with Crippen LogP contribution in [0.25, 0.3) is 0 Å². The molecule has 2 nitrogen and oxygen atoms in total. The second kappa shape index (κ2) is 3.72. The van der Waals surface area contributed by atoms with Gasteiger partial charge in [-0.3, -0.25) is 4.79 Å². The molecule has 0 bridgehead atoms. The number of carbonyl (C=O) groups excluding carboxylic acids is 1. The predicted molar refractivity (Wildman–Crippen MR) is 59.1 cm³/mol. The molecule has 1 aromatic carbocycles. The van der Waals surface area contributed by atoms with Gasteiger partial charge in [0.2, 0.25) is 0 Å². The van der Waals surface area contributed by atoms with Crippen LogP contribution in [-0.4, -0.2) is 10.8 Å². The summed E-state index contributed by atoms with van der Waals surface area (Å²) in [5.74, 6) is -0.267. The second-order valence-electron chi connectivity index (χ2n) is 3.09. The topological polar surface area (TPSA) is 29.1 Å². The number of rotatable bonds is 1. The fourth-order valence-corrected chi connectivity index (χ4v) is 1.80. The van der Waals surface area contributed by atoms with E-state index >= 15 is 0 Å². The van der Waals surface area contributed by atoms with Gasteiger partial charge in [0.05, 0.1) is 10.9 Å². The largest absolute Gasteiger partial charge is 0.355 e. The van der Waals surface area contributed by atoms with E-state index in [1.807, 2.05) is 30.3 Å². The number of benzene rings is 1. The zero-order valence-electron chi connectivity index (χ0n) is 7.44. The monoisotopic (exact) mass is 203 g/mol. The summed E-state index contributed by atoms with van der Waals surface area (Å²) in [5.41, 5.74) is 0.944. The maximum atomic E-state index is 11.6. The number of allylic oxidation sites excluding steroid dienone is 1. The van der Waals surface area contributed by atoms with Gasteiger partial charge in [-0.15, -0.1) is 0 Å². The minimum atomic E-state index is -0.309. The van der Waals surface area contributed by atoms with Crippen molar-refractivity contribution >= 4 is 23.0 Å². The lowest BCUT2D eigenvalue weighted by molar-refractivity contribution is -0.114. The van der Waals surface area contributed by atoms with Gasteiger partial charge >= 0.3 is 0 Å². The van der Waals surface area contributed by atoms with E-state index in [9.17, 15) is 4.79 Å². The summed E-state index contributed by atoms with van der Waals surface area (Å²) >= 11 is 5.10. The van der Waals surface area contributed by atoms with Gasteiger partial charge in [-0.2, -0.15) is 0 Å². The summed E-state index contributed by atoms with van der Waals surface area (Å²) in [4.78, 5) is 12.2. The van der Waals surface area contributed by atoms with Gasteiger partial charge in [0, 0.05) is 6.20 Å². The third-order valence-corrected chi connectivity index (χ3v) is 2.51. The highest BCUT2D eigenvalue weighted by Gasteiger charge is 2.24. The Morgan fingerprint density at radius 3 is 2.57 bits per heavy atom. The van der Waals surface area contributed by atoms with Gasteiger partial charge < -0.3 is 5.32 Å². The molecule has 0 aliphatic carbocycles. The van der Waals surface area contributed by atoms with E-state index in [0.29, 0.717) is 4.99 Å². The van der Waals surface area contributed by atoms with Gasteiger partial charge in [0.25, 0.3) is 0 Å². The molecule has 1 aromatic rings. The van der Waals surface area contributed by atoms with Crippen molar-refractivity contribution in [1.82, 2.24) is 5.32 Å². The summed E-state index contributed by atoms with van der Waals surface area (Å²) in [5, 5.41) is 2.89. The first-order chi connectivity index (χ1) is 6.79. The first-order valence-electron chi connectivity index (χ1n) is 4.35. The molecule has 14 heavy (non-hydrogen) atoms. The van der Waals surface area contributed by atoms with Crippen molar-refractivity contribution in [3.05, 3.63) is 48.2 Å². The number of hydrogen-bond donors (Lipinski definition) is 1. The molecule has 0 radical (unpaired) electrons. The minimum absolute atomic E-state index is 0.0416. The Hall–Kier alpha value is -1.48. The number of ketones is 1. The van der Waals surface area contributed by atoms with Gasteiger partial charge in [0.15, 0.2) is 5.78 Å². The molecular weight excluding hydrogens is 194 g/mol. The molecule has 1 unspecified atom stereocenters. The minimum Gasteiger partial charge on any atom is -0.355 e. The van der Waals surface area contributed by atoms with Crippen LogP contribution in [0.4, 0.5) is 0 Å². The van der Waals surface area contributed by atoms with E-state index in [2.05, 4.69) is 5.32 Å². The molecule has 0 saturated heterocycles. The third kappa shape index (κ3) is 1.59. The number of nitrogens with one attached hydrogen (secondary N) is 1. The average Bonchev–Trinajstić information content (AvgIpc) is 2.19. The Kier molecular flexibility index (Phi) is 2.41. The number of thiocarbonyl (C=S) groups is 1. The van der Waals surface area contributed by atoms with Gasteiger partial charge in [-0.25, -0.2) is 0 Å². The summed E-state index contributed by atoms with van der Waals surface area (Å²) in [6.07, 6.45) is 3.11. The van der Waals surface area contributed by atoms with Crippen LogP contribution in [0.1, 0.15) is 11.5 Å². The molecular formula is C11H9NOS. The highest BCUT2D eigenvalue weighted by Crippen LogP contribution is 2.20. The predicted octanol–water partition coefficient (Wildman–Crippen LogP) is 1.78. The number of carbonyl (C=O) groups is 1. The average molecular weight is 203 g/mol. The summed E-state index contributed by atoms with van der Waals surface area (Å²) < 4.78 is 0. The van der Waals surface area contributed by atoms with Gasteiger partial charge in [-0.05, 0) is 11.6 Å². The van der Waals surface area contributed by atoms with Crippen LogP contribution in [0.3, 0.4) is 0 Å². The fraction of sp³-hybridized carbons (Fsp3) is 0.0909. The lowest BCUT2D eigenvalue weighted by atomic mass is 9.93. The third-order valence-electron chi connectivity index (χ3n) is 2.15. The van der Waals surface area contributed by atoms with Crippen LogP contribution in [-0.2, 0) is 4.79 Å². The van der Waals surface area contributed by atoms with E-state index in [-0.39, 0.29) is 11.7 Å². The molecule has 3 heteroatoms. The van der Waals surface area contributed by atoms with Crippen LogP contribution in [0, 0.1) is 0 Å². The summed E-state index contributed by atoms with van der Waals surface area (Å²) in [6, 6.07) is 9.56. The molecule has 1 heterocycles. The first-order valence-corrected chi connectivity index (χ1v) is 4.75. The Balaban J connectivity index is 2.38. The molecule has 0 amide bonds. The van der Waals surface area contributed by atoms with Crippen LogP contribution in [0.5, 0.6) is 0 Å². The molecule has 1 aliphatic heterocycles. The van der Waals surface area contributed by atoms with Crippen molar-refractivity contribution < 1.29 is 4.79 Å². The van der Waals surface area contributed by atoms with Crippen molar-refractivity contribution in [3.8, 4) is 0 Å². The van der Waals surface area contributed by atoms with Crippen molar-refractivity contribution in [2.75, 3.05) is 0 Å². The molecule has 70 valence electrons. The van der Waals surface area contributed by atoms with Crippen LogP contribution >= 0.6 is 12.2 Å². The maximum absolute atomic E-state index is 11.6. The van der Waals surface area contributed by atoms with Crippen LogP contribution in [0.2, 0.25) is 0 Å². The quantitative estimate of drug-likeness (QED) is 0.705. The molecule has 0 aromatic heterocycles. The lowest BCUT2D eigenvalue weighted by Crippen LogP contribution is -2.32. The Morgan fingerprint density at radius 1 is 1.21 bits per heavy atom. The number of hydrogen-bond acceptors (Lipinski definition) is 2. The molecule has 2 rings (SSSR count). The smallest absolute Gasteiger partial charge is 0.171 e. The van der Waals surface area contributed by atoms with Gasteiger partial charge in [-0.1, -0.05) is 42.5 Å². The first kappa shape index (κ1) is 9.09. The van der Waals surface area contributed by atoms with E-state index in [1.165, 1.54) is 6.08 Å². The van der Waals surface area contributed by atoms with Crippen molar-refractivity contribution in [3.63, 3.8) is 0 Å². The van der Waals surface area contributed by atoms with E-state index in [4.69, 9.17) is 12.2 Å². The lowest BCUT2D eigenvalue weighted by Gasteiger charge is -2.19. The molecule has 1 aliphatic rings.